The van der Waals surface area contributed by atoms with Gasteiger partial charge in [-0.05, 0) is 19.8 Å². The Hall–Kier alpha value is -0.610. The van der Waals surface area contributed by atoms with Crippen LogP contribution in [-0.4, -0.2) is 47.8 Å². The molecule has 1 heterocycles. The summed E-state index contributed by atoms with van der Waals surface area (Å²) in [6, 6.07) is -0.348. The Morgan fingerprint density at radius 1 is 1.71 bits per heavy atom. The SMILES string of the molecule is CCC(C(=O)O)N1CCCOC(C)C1. The molecule has 0 saturated carbocycles. The summed E-state index contributed by atoms with van der Waals surface area (Å²) in [6.07, 6.45) is 1.72. The lowest BCUT2D eigenvalue weighted by Crippen LogP contribution is -2.43. The van der Waals surface area contributed by atoms with Gasteiger partial charge in [-0.1, -0.05) is 6.92 Å². The van der Waals surface area contributed by atoms with Crippen LogP contribution in [0.1, 0.15) is 26.7 Å². The lowest BCUT2D eigenvalue weighted by molar-refractivity contribution is -0.143. The molecule has 1 N–H and O–H groups in total. The number of carbonyl (C=O) groups is 1. The van der Waals surface area contributed by atoms with E-state index in [1.807, 2.05) is 18.7 Å². The minimum Gasteiger partial charge on any atom is -0.480 e. The van der Waals surface area contributed by atoms with Crippen LogP contribution in [0.2, 0.25) is 0 Å². The molecule has 0 bridgehead atoms. The van der Waals surface area contributed by atoms with Gasteiger partial charge in [-0.2, -0.15) is 0 Å². The number of ether oxygens (including phenoxy) is 1. The Morgan fingerprint density at radius 2 is 2.43 bits per heavy atom. The first-order valence-corrected chi connectivity index (χ1v) is 5.23. The lowest BCUT2D eigenvalue weighted by Gasteiger charge is -2.27. The van der Waals surface area contributed by atoms with Crippen molar-refractivity contribution in [2.24, 2.45) is 0 Å². The van der Waals surface area contributed by atoms with Gasteiger partial charge in [0, 0.05) is 19.7 Å². The Bertz CT molecular complexity index is 196. The minimum absolute atomic E-state index is 0.144. The Kier molecular flexibility index (Phi) is 4.35. The summed E-state index contributed by atoms with van der Waals surface area (Å²) in [5.41, 5.74) is 0. The van der Waals surface area contributed by atoms with Crippen molar-refractivity contribution in [2.45, 2.75) is 38.8 Å². The maximum Gasteiger partial charge on any atom is 0.320 e. The number of aliphatic carboxylic acids is 1. The van der Waals surface area contributed by atoms with Gasteiger partial charge in [0.1, 0.15) is 6.04 Å². The predicted octanol–water partition coefficient (Wildman–Crippen LogP) is 0.960. The zero-order chi connectivity index (χ0) is 10.6. The molecule has 0 aliphatic carbocycles. The summed E-state index contributed by atoms with van der Waals surface area (Å²) in [6.45, 7) is 6.20. The van der Waals surface area contributed by atoms with Crippen molar-refractivity contribution >= 4 is 5.97 Å². The molecule has 4 nitrogen and oxygen atoms in total. The monoisotopic (exact) mass is 201 g/mol. The third-order valence-corrected chi connectivity index (χ3v) is 2.60. The molecule has 0 spiro atoms. The number of hydrogen-bond acceptors (Lipinski definition) is 3. The average molecular weight is 201 g/mol. The van der Waals surface area contributed by atoms with Crippen molar-refractivity contribution in [1.82, 2.24) is 4.90 Å². The van der Waals surface area contributed by atoms with E-state index >= 15 is 0 Å². The van der Waals surface area contributed by atoms with Gasteiger partial charge in [0.2, 0.25) is 0 Å². The van der Waals surface area contributed by atoms with E-state index < -0.39 is 5.97 Å². The van der Waals surface area contributed by atoms with Crippen LogP contribution in [0.4, 0.5) is 0 Å². The zero-order valence-corrected chi connectivity index (χ0v) is 8.90. The van der Waals surface area contributed by atoms with Crippen LogP contribution in [0.25, 0.3) is 0 Å². The number of carboxylic acid groups (broad SMARTS) is 1. The van der Waals surface area contributed by atoms with Crippen molar-refractivity contribution < 1.29 is 14.6 Å². The van der Waals surface area contributed by atoms with Gasteiger partial charge < -0.3 is 9.84 Å². The maximum atomic E-state index is 11.0. The van der Waals surface area contributed by atoms with E-state index in [2.05, 4.69) is 0 Å². The summed E-state index contributed by atoms with van der Waals surface area (Å²) in [5, 5.41) is 9.02. The van der Waals surface area contributed by atoms with Crippen LogP contribution >= 0.6 is 0 Å². The average Bonchev–Trinajstić information content (AvgIpc) is 2.31. The first-order valence-electron chi connectivity index (χ1n) is 5.23. The highest BCUT2D eigenvalue weighted by atomic mass is 16.5. The summed E-state index contributed by atoms with van der Waals surface area (Å²) in [7, 11) is 0. The highest BCUT2D eigenvalue weighted by Crippen LogP contribution is 2.11. The maximum absolute atomic E-state index is 11.0. The molecule has 1 fully saturated rings. The number of carboxylic acids is 1. The summed E-state index contributed by atoms with van der Waals surface area (Å²) in [4.78, 5) is 13.0. The molecule has 4 heteroatoms. The number of nitrogens with zero attached hydrogens (tertiary/aromatic N) is 1. The normalized spacial score (nSPS) is 26.9. The number of hydrogen-bond donors (Lipinski definition) is 1. The topological polar surface area (TPSA) is 49.8 Å². The van der Waals surface area contributed by atoms with Gasteiger partial charge in [-0.15, -0.1) is 0 Å². The van der Waals surface area contributed by atoms with Gasteiger partial charge in [0.05, 0.1) is 6.10 Å². The van der Waals surface area contributed by atoms with E-state index in [1.165, 1.54) is 0 Å². The van der Waals surface area contributed by atoms with E-state index in [1.54, 1.807) is 0 Å². The zero-order valence-electron chi connectivity index (χ0n) is 8.90. The Morgan fingerprint density at radius 3 is 3.00 bits per heavy atom. The quantitative estimate of drug-likeness (QED) is 0.739. The van der Waals surface area contributed by atoms with Crippen LogP contribution in [0, 0.1) is 0 Å². The molecule has 1 aliphatic heterocycles. The second-order valence-electron chi connectivity index (χ2n) is 3.79. The third-order valence-electron chi connectivity index (χ3n) is 2.60. The molecule has 1 aliphatic rings. The van der Waals surface area contributed by atoms with Crippen molar-refractivity contribution in [2.75, 3.05) is 19.7 Å². The van der Waals surface area contributed by atoms with Crippen molar-refractivity contribution in [3.8, 4) is 0 Å². The Labute approximate surface area is 84.8 Å². The first kappa shape index (κ1) is 11.5. The van der Waals surface area contributed by atoms with Gasteiger partial charge in [0.15, 0.2) is 0 Å². The standard InChI is InChI=1S/C10H19NO3/c1-3-9(10(12)13)11-5-4-6-14-8(2)7-11/h8-9H,3-7H2,1-2H3,(H,12,13). The van der Waals surface area contributed by atoms with Gasteiger partial charge in [-0.3, -0.25) is 9.69 Å². The van der Waals surface area contributed by atoms with E-state index in [9.17, 15) is 4.79 Å². The second kappa shape index (κ2) is 5.32. The first-order chi connectivity index (χ1) is 6.65. The molecular weight excluding hydrogens is 182 g/mol. The smallest absolute Gasteiger partial charge is 0.320 e. The molecule has 82 valence electrons. The summed E-state index contributed by atoms with van der Waals surface area (Å²) >= 11 is 0. The predicted molar refractivity (Wildman–Crippen MR) is 53.3 cm³/mol. The van der Waals surface area contributed by atoms with Gasteiger partial charge in [-0.25, -0.2) is 0 Å². The van der Waals surface area contributed by atoms with Crippen molar-refractivity contribution in [1.29, 1.82) is 0 Å². The lowest BCUT2D eigenvalue weighted by atomic mass is 10.1. The molecule has 0 aromatic heterocycles. The van der Waals surface area contributed by atoms with Crippen LogP contribution in [0.5, 0.6) is 0 Å². The van der Waals surface area contributed by atoms with Gasteiger partial charge >= 0.3 is 5.97 Å². The molecule has 0 radical (unpaired) electrons. The van der Waals surface area contributed by atoms with E-state index in [4.69, 9.17) is 9.84 Å². The molecule has 1 saturated heterocycles. The molecular formula is C10H19NO3. The molecule has 0 amide bonds. The molecule has 1 rings (SSSR count). The molecule has 2 atom stereocenters. The fraction of sp³-hybridized carbons (Fsp3) is 0.900. The molecule has 14 heavy (non-hydrogen) atoms. The van der Waals surface area contributed by atoms with Crippen LogP contribution in [0.3, 0.4) is 0 Å². The van der Waals surface area contributed by atoms with E-state index in [0.717, 1.165) is 26.1 Å². The highest BCUT2D eigenvalue weighted by Gasteiger charge is 2.26. The van der Waals surface area contributed by atoms with Gasteiger partial charge in [0.25, 0.3) is 0 Å². The number of rotatable bonds is 3. The molecule has 0 aromatic carbocycles. The minimum atomic E-state index is -0.721. The fourth-order valence-electron chi connectivity index (χ4n) is 1.90. The van der Waals surface area contributed by atoms with Crippen LogP contribution < -0.4 is 0 Å². The van der Waals surface area contributed by atoms with Crippen molar-refractivity contribution in [3.05, 3.63) is 0 Å². The fourth-order valence-corrected chi connectivity index (χ4v) is 1.90. The molecule has 2 unspecified atom stereocenters. The summed E-state index contributed by atoms with van der Waals surface area (Å²) in [5.74, 6) is -0.721. The summed E-state index contributed by atoms with van der Waals surface area (Å²) < 4.78 is 5.47. The van der Waals surface area contributed by atoms with E-state index in [0.29, 0.717) is 6.42 Å². The largest absolute Gasteiger partial charge is 0.480 e. The third kappa shape index (κ3) is 2.96. The van der Waals surface area contributed by atoms with Crippen LogP contribution in [-0.2, 0) is 9.53 Å². The van der Waals surface area contributed by atoms with E-state index in [-0.39, 0.29) is 12.1 Å². The second-order valence-corrected chi connectivity index (χ2v) is 3.79. The van der Waals surface area contributed by atoms with Crippen molar-refractivity contribution in [3.63, 3.8) is 0 Å². The Balaban J connectivity index is 2.58. The highest BCUT2D eigenvalue weighted by molar-refractivity contribution is 5.73. The molecule has 0 aromatic rings. The van der Waals surface area contributed by atoms with Crippen LogP contribution in [0.15, 0.2) is 0 Å².